The summed E-state index contributed by atoms with van der Waals surface area (Å²) in [5, 5.41) is 0. The minimum atomic E-state index is 1.51. The molecule has 0 bridgehead atoms. The van der Waals surface area contributed by atoms with Crippen molar-refractivity contribution in [3.63, 3.8) is 0 Å². The van der Waals surface area contributed by atoms with Crippen LogP contribution in [0.1, 0.15) is 0 Å². The molecule has 0 saturated carbocycles. The second-order valence-electron chi connectivity index (χ2n) is 0.615. The smallest absolute Gasteiger partial charge is 0.00258 e. The fourth-order valence-electron chi connectivity index (χ4n) is 0.133. The molecule has 30 valence electrons. The first-order chi connectivity index (χ1) is 3.00. The predicted molar refractivity (Wildman–Crippen MR) is 39.0 cm³/mol. The minimum Gasteiger partial charge on any atom is -0.0327 e. The summed E-state index contributed by atoms with van der Waals surface area (Å²) in [5.41, 5.74) is 2.31. The van der Waals surface area contributed by atoms with Crippen molar-refractivity contribution >= 4 is 38.4 Å². The maximum atomic E-state index is 2.31. The molecule has 0 atom stereocenters. The fraction of sp³-hybridized carbons (Fsp3) is 0. The van der Waals surface area contributed by atoms with Crippen LogP contribution in [0.15, 0.2) is 5.53 Å². The third-order valence-corrected chi connectivity index (χ3v) is 12.1. The molecule has 0 unspecified atom stereocenters. The molecule has 6 heavy (non-hydrogen) atoms. The van der Waals surface area contributed by atoms with Gasteiger partial charge in [-0.1, -0.05) is 0 Å². The van der Waals surface area contributed by atoms with Crippen LogP contribution in [0.3, 0.4) is 0 Å². The van der Waals surface area contributed by atoms with Crippen LogP contribution in [0.25, 0.3) is 0 Å². The first-order valence-electron chi connectivity index (χ1n) is 1.32. The van der Waals surface area contributed by atoms with Crippen molar-refractivity contribution < 1.29 is 0 Å². The number of hydrogen-bond acceptors (Lipinski definition) is 0. The van der Waals surface area contributed by atoms with E-state index in [2.05, 4.69) is 5.53 Å². The zero-order valence-electron chi connectivity index (χ0n) is 2.81. The molecule has 1 rings (SSSR count). The Morgan fingerprint density at radius 2 is 1.50 bits per heavy atom. The van der Waals surface area contributed by atoms with E-state index in [1.165, 1.54) is 15.7 Å². The lowest BCUT2D eigenvalue weighted by atomic mass is 11.9. The van der Waals surface area contributed by atoms with Gasteiger partial charge < -0.3 is 0 Å². The third kappa shape index (κ3) is 1.89. The van der Waals surface area contributed by atoms with Crippen molar-refractivity contribution in [1.82, 2.24) is 0 Å². The highest BCUT2D eigenvalue weighted by Crippen LogP contribution is 2.42. The van der Waals surface area contributed by atoms with E-state index in [1.54, 1.807) is 22.6 Å². The van der Waals surface area contributed by atoms with Gasteiger partial charge in [0.05, 0.1) is 0 Å². The molecule has 0 aliphatic rings. The molecule has 0 amide bonds. The van der Waals surface area contributed by atoms with Gasteiger partial charge in [0.2, 0.25) is 0 Å². The number of rotatable bonds is 0. The van der Waals surface area contributed by atoms with E-state index in [1.807, 2.05) is 0 Å². The Morgan fingerprint density at radius 3 is 1.67 bits per heavy atom. The van der Waals surface area contributed by atoms with E-state index in [0.717, 1.165) is 0 Å². The summed E-state index contributed by atoms with van der Waals surface area (Å²) in [4.78, 5) is 0. The van der Waals surface area contributed by atoms with E-state index in [-0.39, 0.29) is 0 Å². The average molecular weight is 168 g/mol. The minimum absolute atomic E-state index is 1.51. The molecule has 0 fully saturated rings. The standard InChI is InChI=1S/CHP5/c1-2-4-6-5-3-1/h1H. The molecular formula is CHP5. The largest absolute Gasteiger partial charge is 0.0327 e. The summed E-state index contributed by atoms with van der Waals surface area (Å²) in [7, 11) is 7.75. The van der Waals surface area contributed by atoms with Gasteiger partial charge in [-0.3, -0.25) is 0 Å². The van der Waals surface area contributed by atoms with Crippen LogP contribution in [-0.2, 0) is 0 Å². The van der Waals surface area contributed by atoms with Gasteiger partial charge in [-0.15, -0.1) is 0 Å². The highest BCUT2D eigenvalue weighted by atomic mass is 32.4. The van der Waals surface area contributed by atoms with Crippen LogP contribution in [0.4, 0.5) is 0 Å². The SMILES string of the molecule is c1ppppp1. The first-order valence-corrected chi connectivity index (χ1v) is 8.75. The van der Waals surface area contributed by atoms with Crippen molar-refractivity contribution in [3.05, 3.63) is 5.53 Å². The van der Waals surface area contributed by atoms with Crippen molar-refractivity contribution in [2.75, 3.05) is 0 Å². The quantitative estimate of drug-likeness (QED) is 0.531. The number of hydrogen-bond donors (Lipinski definition) is 0. The normalized spacial score (nSPS) is 14.7. The lowest BCUT2D eigenvalue weighted by Crippen LogP contribution is -0.953. The third-order valence-electron chi connectivity index (χ3n) is 0.287. The van der Waals surface area contributed by atoms with Gasteiger partial charge in [-0.25, -0.2) is 0 Å². The fourth-order valence-corrected chi connectivity index (χ4v) is 13.7. The van der Waals surface area contributed by atoms with E-state index < -0.39 is 0 Å². The molecule has 5 heteroatoms. The second-order valence-corrected chi connectivity index (χ2v) is 10.4. The Kier molecular flexibility index (Phi) is 3.10. The van der Waals surface area contributed by atoms with Crippen LogP contribution in [-0.4, -0.2) is 0 Å². The molecule has 1 aromatic heterocycles. The summed E-state index contributed by atoms with van der Waals surface area (Å²) in [5.74, 6) is 0. The molecule has 1 heterocycles. The molecule has 0 aliphatic heterocycles. The Morgan fingerprint density at radius 1 is 0.833 bits per heavy atom. The van der Waals surface area contributed by atoms with Crippen molar-refractivity contribution in [1.29, 1.82) is 0 Å². The zero-order chi connectivity index (χ0) is 4.24. The van der Waals surface area contributed by atoms with E-state index in [0.29, 0.717) is 0 Å². The summed E-state index contributed by atoms with van der Waals surface area (Å²) in [6.07, 6.45) is 0. The van der Waals surface area contributed by atoms with E-state index in [4.69, 9.17) is 0 Å². The van der Waals surface area contributed by atoms with Crippen LogP contribution >= 0.6 is 38.4 Å². The van der Waals surface area contributed by atoms with Gasteiger partial charge in [0, 0.05) is 5.53 Å². The molecule has 0 nitrogen and oxygen atoms in total. The first kappa shape index (κ1) is 5.51. The van der Waals surface area contributed by atoms with Crippen LogP contribution in [0.5, 0.6) is 0 Å². The lowest BCUT2D eigenvalue weighted by molar-refractivity contribution is 2.99. The van der Waals surface area contributed by atoms with Crippen LogP contribution < -0.4 is 0 Å². The molecule has 0 N–H and O–H groups in total. The summed E-state index contributed by atoms with van der Waals surface area (Å²) in [6, 6.07) is 0. The van der Waals surface area contributed by atoms with Crippen molar-refractivity contribution in [2.45, 2.75) is 0 Å². The van der Waals surface area contributed by atoms with E-state index in [9.17, 15) is 0 Å². The van der Waals surface area contributed by atoms with E-state index >= 15 is 0 Å². The maximum Gasteiger partial charge on any atom is 0.00258 e. The van der Waals surface area contributed by atoms with Crippen molar-refractivity contribution in [3.8, 4) is 0 Å². The van der Waals surface area contributed by atoms with Gasteiger partial charge >= 0.3 is 0 Å². The van der Waals surface area contributed by atoms with Gasteiger partial charge in [-0.05, 0) is 38.4 Å². The van der Waals surface area contributed by atoms with Crippen molar-refractivity contribution in [2.24, 2.45) is 0 Å². The second kappa shape index (κ2) is 3.38. The molecule has 1 aromatic rings. The molecule has 0 spiro atoms. The molecule has 0 aromatic carbocycles. The molecular weight excluding hydrogens is 167 g/mol. The summed E-state index contributed by atoms with van der Waals surface area (Å²) >= 11 is 0. The van der Waals surface area contributed by atoms with Gasteiger partial charge in [0.15, 0.2) is 0 Å². The topological polar surface area (TPSA) is 0 Å². The molecule has 0 saturated heterocycles. The lowest BCUT2D eigenvalue weighted by Gasteiger charge is -1.64. The van der Waals surface area contributed by atoms with Gasteiger partial charge in [0.1, 0.15) is 0 Å². The average Bonchev–Trinajstić information content (AvgIpc) is 1.72. The van der Waals surface area contributed by atoms with Crippen LogP contribution in [0.2, 0.25) is 0 Å². The monoisotopic (exact) mass is 168 g/mol. The summed E-state index contributed by atoms with van der Waals surface area (Å²) in [6.45, 7) is 0. The molecule has 0 radical (unpaired) electrons. The Balaban J connectivity index is 3.00. The Labute approximate surface area is 44.5 Å². The Bertz CT molecular complexity index is 75.9. The summed E-state index contributed by atoms with van der Waals surface area (Å²) < 4.78 is 0. The molecule has 0 aliphatic carbocycles. The highest BCUT2D eigenvalue weighted by Gasteiger charge is 1.62. The van der Waals surface area contributed by atoms with Gasteiger partial charge in [-0.2, -0.15) is 0 Å². The van der Waals surface area contributed by atoms with Crippen LogP contribution in [0, 0.1) is 0 Å². The maximum absolute atomic E-state index is 2.31. The Hall–Kier alpha value is 1.37. The zero-order valence-corrected chi connectivity index (χ0v) is 7.29. The van der Waals surface area contributed by atoms with Gasteiger partial charge in [0.25, 0.3) is 0 Å². The highest BCUT2D eigenvalue weighted by molar-refractivity contribution is 8.39. The predicted octanol–water partition coefficient (Wildman–Crippen LogP) is 4.59.